The lowest BCUT2D eigenvalue weighted by atomic mass is 9.91. The van der Waals surface area contributed by atoms with Crippen molar-refractivity contribution in [2.45, 2.75) is 57.0 Å². The molecule has 3 rings (SSSR count). The maximum absolute atomic E-state index is 12.7. The Bertz CT molecular complexity index is 375. The molecular formula is C17H33Cl2N3O2. The van der Waals surface area contributed by atoms with Gasteiger partial charge in [-0.15, -0.1) is 24.8 Å². The van der Waals surface area contributed by atoms with E-state index in [0.717, 1.165) is 52.0 Å². The van der Waals surface area contributed by atoms with E-state index in [1.807, 2.05) is 4.90 Å². The first kappa shape index (κ1) is 22.0. The summed E-state index contributed by atoms with van der Waals surface area (Å²) in [5.74, 6) is 0.479. The molecule has 2 unspecified atom stereocenters. The molecule has 5 nitrogen and oxygen atoms in total. The Balaban J connectivity index is 0.00000144. The van der Waals surface area contributed by atoms with Crippen LogP contribution in [0.3, 0.4) is 0 Å². The Morgan fingerprint density at radius 2 is 1.58 bits per heavy atom. The van der Waals surface area contributed by atoms with Gasteiger partial charge in [-0.25, -0.2) is 0 Å². The maximum atomic E-state index is 12.7. The van der Waals surface area contributed by atoms with E-state index in [1.165, 1.54) is 32.4 Å². The summed E-state index contributed by atoms with van der Waals surface area (Å²) in [5, 5.41) is 0. The smallest absolute Gasteiger partial charge is 0.239 e. The van der Waals surface area contributed by atoms with Gasteiger partial charge in [-0.3, -0.25) is 4.79 Å². The Morgan fingerprint density at radius 3 is 2.25 bits per heavy atom. The molecule has 3 aliphatic rings. The molecule has 2 atom stereocenters. The molecule has 0 saturated carbocycles. The van der Waals surface area contributed by atoms with E-state index in [-0.39, 0.29) is 36.8 Å². The predicted octanol–water partition coefficient (Wildman–Crippen LogP) is 2.06. The van der Waals surface area contributed by atoms with E-state index in [0.29, 0.717) is 12.0 Å². The molecule has 3 aliphatic heterocycles. The van der Waals surface area contributed by atoms with Crippen molar-refractivity contribution in [2.75, 3.05) is 39.4 Å². The summed E-state index contributed by atoms with van der Waals surface area (Å²) in [6.07, 6.45) is 8.01. The molecule has 0 aromatic heterocycles. The average molecular weight is 382 g/mol. The molecule has 2 N–H and O–H groups in total. The number of carbonyl (C=O) groups is 1. The number of nitrogens with zero attached hydrogens (tertiary/aromatic N) is 2. The lowest BCUT2D eigenvalue weighted by Crippen LogP contribution is -2.49. The van der Waals surface area contributed by atoms with Gasteiger partial charge in [-0.1, -0.05) is 0 Å². The van der Waals surface area contributed by atoms with Gasteiger partial charge in [0.05, 0.1) is 6.04 Å². The fraction of sp³-hybridized carbons (Fsp3) is 0.941. The Labute approximate surface area is 158 Å². The van der Waals surface area contributed by atoms with Crippen LogP contribution >= 0.6 is 24.8 Å². The van der Waals surface area contributed by atoms with E-state index >= 15 is 0 Å². The molecule has 0 aliphatic carbocycles. The van der Waals surface area contributed by atoms with Crippen molar-refractivity contribution < 1.29 is 9.53 Å². The number of nitrogens with two attached hydrogens (primary N) is 1. The van der Waals surface area contributed by atoms with Crippen molar-refractivity contribution in [3.63, 3.8) is 0 Å². The molecule has 0 radical (unpaired) electrons. The molecular weight excluding hydrogens is 349 g/mol. The first-order valence-electron chi connectivity index (χ1n) is 9.12. The lowest BCUT2D eigenvalue weighted by molar-refractivity contribution is -0.134. The fourth-order valence-electron chi connectivity index (χ4n) is 4.26. The quantitative estimate of drug-likeness (QED) is 0.812. The normalized spacial score (nSPS) is 27.7. The summed E-state index contributed by atoms with van der Waals surface area (Å²) in [7, 11) is 0. The number of ether oxygens (including phenoxy) is 1. The highest BCUT2D eigenvalue weighted by Crippen LogP contribution is 2.23. The van der Waals surface area contributed by atoms with Crippen molar-refractivity contribution in [2.24, 2.45) is 11.7 Å². The number of likely N-dealkylation sites (tertiary alicyclic amines) is 2. The third-order valence-corrected chi connectivity index (χ3v) is 5.73. The topological polar surface area (TPSA) is 58.8 Å². The molecule has 0 aromatic carbocycles. The van der Waals surface area contributed by atoms with Crippen molar-refractivity contribution in [3.05, 3.63) is 0 Å². The largest absolute Gasteiger partial charge is 0.381 e. The van der Waals surface area contributed by atoms with Gasteiger partial charge >= 0.3 is 0 Å². The van der Waals surface area contributed by atoms with Crippen LogP contribution in [0.4, 0.5) is 0 Å². The molecule has 1 amide bonds. The van der Waals surface area contributed by atoms with Gasteiger partial charge in [0.2, 0.25) is 5.91 Å². The second-order valence-corrected chi connectivity index (χ2v) is 7.13. The van der Waals surface area contributed by atoms with E-state index in [2.05, 4.69) is 4.90 Å². The van der Waals surface area contributed by atoms with Gasteiger partial charge in [0, 0.05) is 32.3 Å². The molecule has 142 valence electrons. The number of rotatable bonds is 3. The Morgan fingerprint density at radius 1 is 0.917 bits per heavy atom. The Hall–Kier alpha value is -0.0700. The third kappa shape index (κ3) is 5.46. The minimum Gasteiger partial charge on any atom is -0.381 e. The summed E-state index contributed by atoms with van der Waals surface area (Å²) in [6, 6.07) is 0.354. The van der Waals surface area contributed by atoms with Gasteiger partial charge in [0.15, 0.2) is 0 Å². The van der Waals surface area contributed by atoms with Crippen LogP contribution in [0.15, 0.2) is 0 Å². The molecule has 24 heavy (non-hydrogen) atoms. The lowest BCUT2D eigenvalue weighted by Gasteiger charge is -2.31. The fourth-order valence-corrected chi connectivity index (χ4v) is 4.26. The van der Waals surface area contributed by atoms with Gasteiger partial charge in [-0.2, -0.15) is 0 Å². The zero-order valence-corrected chi connectivity index (χ0v) is 16.2. The van der Waals surface area contributed by atoms with Gasteiger partial charge in [-0.05, 0) is 64.0 Å². The minimum atomic E-state index is -0.327. The molecule has 0 spiro atoms. The van der Waals surface area contributed by atoms with Crippen LogP contribution in [0.25, 0.3) is 0 Å². The van der Waals surface area contributed by atoms with Crippen LogP contribution in [0.2, 0.25) is 0 Å². The molecule has 0 bridgehead atoms. The molecule has 0 aromatic rings. The summed E-state index contributed by atoms with van der Waals surface area (Å²) in [6.45, 7) is 5.78. The Kier molecular flexibility index (Phi) is 9.90. The van der Waals surface area contributed by atoms with Crippen molar-refractivity contribution >= 4 is 30.7 Å². The van der Waals surface area contributed by atoms with Gasteiger partial charge < -0.3 is 20.3 Å². The third-order valence-electron chi connectivity index (χ3n) is 5.73. The predicted molar refractivity (Wildman–Crippen MR) is 101 cm³/mol. The minimum absolute atomic E-state index is 0. The van der Waals surface area contributed by atoms with Crippen LogP contribution in [0.1, 0.15) is 44.9 Å². The SMILES string of the molecule is Cl.Cl.NC(C(=O)N1CCCC(N2CCCC2)CC1)C1CCOCC1. The number of carbonyl (C=O) groups excluding carboxylic acids is 1. The highest BCUT2D eigenvalue weighted by molar-refractivity contribution is 5.85. The van der Waals surface area contributed by atoms with E-state index in [1.54, 1.807) is 0 Å². The summed E-state index contributed by atoms with van der Waals surface area (Å²) in [4.78, 5) is 17.4. The van der Waals surface area contributed by atoms with Crippen LogP contribution < -0.4 is 5.73 Å². The first-order valence-corrected chi connectivity index (χ1v) is 9.12. The average Bonchev–Trinajstić information content (AvgIpc) is 2.99. The van der Waals surface area contributed by atoms with Crippen molar-refractivity contribution in [3.8, 4) is 0 Å². The summed E-state index contributed by atoms with van der Waals surface area (Å²) < 4.78 is 5.38. The number of halogens is 2. The van der Waals surface area contributed by atoms with Crippen molar-refractivity contribution in [1.29, 1.82) is 0 Å². The number of amides is 1. The number of hydrogen-bond donors (Lipinski definition) is 1. The summed E-state index contributed by atoms with van der Waals surface area (Å²) >= 11 is 0. The standard InChI is InChI=1S/C17H31N3O2.2ClH/c18-16(14-6-12-22-13-7-14)17(21)20-10-3-4-15(5-11-20)19-8-1-2-9-19;;/h14-16H,1-13,18H2;2*1H. The monoisotopic (exact) mass is 381 g/mol. The van der Waals surface area contributed by atoms with Crippen LogP contribution in [0.5, 0.6) is 0 Å². The van der Waals surface area contributed by atoms with Crippen LogP contribution in [0, 0.1) is 5.92 Å². The van der Waals surface area contributed by atoms with E-state index in [9.17, 15) is 4.79 Å². The zero-order chi connectivity index (χ0) is 15.4. The van der Waals surface area contributed by atoms with E-state index < -0.39 is 0 Å². The second kappa shape index (κ2) is 10.8. The highest BCUT2D eigenvalue weighted by atomic mass is 35.5. The van der Waals surface area contributed by atoms with E-state index in [4.69, 9.17) is 10.5 Å². The maximum Gasteiger partial charge on any atom is 0.239 e. The van der Waals surface area contributed by atoms with Crippen molar-refractivity contribution in [1.82, 2.24) is 9.80 Å². The van der Waals surface area contributed by atoms with Crippen LogP contribution in [-0.4, -0.2) is 67.2 Å². The first-order chi connectivity index (χ1) is 10.8. The number of hydrogen-bond acceptors (Lipinski definition) is 4. The second-order valence-electron chi connectivity index (χ2n) is 7.13. The molecule has 3 saturated heterocycles. The van der Waals surface area contributed by atoms with Gasteiger partial charge in [0.25, 0.3) is 0 Å². The van der Waals surface area contributed by atoms with Crippen LogP contribution in [-0.2, 0) is 9.53 Å². The molecule has 3 fully saturated rings. The summed E-state index contributed by atoms with van der Waals surface area (Å²) in [5.41, 5.74) is 6.27. The van der Waals surface area contributed by atoms with Gasteiger partial charge in [0.1, 0.15) is 0 Å². The zero-order valence-electron chi connectivity index (χ0n) is 14.5. The molecule has 3 heterocycles. The highest BCUT2D eigenvalue weighted by Gasteiger charge is 2.32. The molecule has 7 heteroatoms.